The van der Waals surface area contributed by atoms with E-state index in [4.69, 9.17) is 4.74 Å². The topological polar surface area (TPSA) is 87.7 Å². The maximum absolute atomic E-state index is 12.7. The number of ether oxygens (including phenoxy) is 1. The zero-order chi connectivity index (χ0) is 25.7. The number of amides is 3. The number of anilines is 2. The predicted molar refractivity (Wildman–Crippen MR) is 140 cm³/mol. The fourth-order valence-corrected chi connectivity index (χ4v) is 4.21. The van der Waals surface area contributed by atoms with Gasteiger partial charge in [0.2, 0.25) is 11.8 Å². The SMILES string of the molecule is Cc1ccccc1CNC(=O)[C@H]1CC(=O)N(c2ccc(OCC(=O)Nc3cccc(C)c3C)cc2)C1. The van der Waals surface area contributed by atoms with Crippen molar-refractivity contribution in [1.29, 1.82) is 0 Å². The lowest BCUT2D eigenvalue weighted by molar-refractivity contribution is -0.126. The number of nitrogens with one attached hydrogen (secondary N) is 2. The van der Waals surface area contributed by atoms with Gasteiger partial charge in [-0.1, -0.05) is 36.4 Å². The summed E-state index contributed by atoms with van der Waals surface area (Å²) in [5.74, 6) is -0.334. The minimum absolute atomic E-state index is 0.0902. The van der Waals surface area contributed by atoms with Crippen LogP contribution in [0.5, 0.6) is 5.75 Å². The normalized spacial score (nSPS) is 15.0. The van der Waals surface area contributed by atoms with Gasteiger partial charge in [0.15, 0.2) is 6.61 Å². The summed E-state index contributed by atoms with van der Waals surface area (Å²) < 4.78 is 5.62. The first-order chi connectivity index (χ1) is 17.3. The average molecular weight is 486 g/mol. The standard InChI is InChI=1S/C29H31N3O4/c1-19-8-6-10-26(21(19)3)31-27(33)18-36-25-13-11-24(12-14-25)32-17-23(15-28(32)34)29(35)30-16-22-9-5-4-7-20(22)2/h4-14,23H,15-18H2,1-3H3,(H,30,35)(H,31,33)/t23-/m0/s1. The maximum atomic E-state index is 12.7. The van der Waals surface area contributed by atoms with Crippen molar-refractivity contribution < 1.29 is 19.1 Å². The van der Waals surface area contributed by atoms with Gasteiger partial charge in [0, 0.05) is 30.9 Å². The van der Waals surface area contributed by atoms with Crippen LogP contribution in [-0.2, 0) is 20.9 Å². The van der Waals surface area contributed by atoms with E-state index < -0.39 is 5.92 Å². The van der Waals surface area contributed by atoms with Gasteiger partial charge in [-0.05, 0) is 73.4 Å². The van der Waals surface area contributed by atoms with Gasteiger partial charge in [-0.25, -0.2) is 0 Å². The third-order valence-corrected chi connectivity index (χ3v) is 6.61. The molecule has 0 radical (unpaired) electrons. The molecular formula is C29H31N3O4. The minimum atomic E-state index is -0.397. The summed E-state index contributed by atoms with van der Waals surface area (Å²) in [6.45, 7) is 6.61. The molecule has 2 N–H and O–H groups in total. The second-order valence-electron chi connectivity index (χ2n) is 9.13. The van der Waals surface area contributed by atoms with E-state index in [1.807, 2.05) is 63.2 Å². The quantitative estimate of drug-likeness (QED) is 0.498. The highest BCUT2D eigenvalue weighted by atomic mass is 16.5. The molecule has 0 aromatic heterocycles. The Bertz CT molecular complexity index is 1270. The lowest BCUT2D eigenvalue weighted by atomic mass is 10.1. The number of rotatable bonds is 8. The van der Waals surface area contributed by atoms with E-state index in [1.54, 1.807) is 29.2 Å². The Balaban J connectivity index is 1.28. The van der Waals surface area contributed by atoms with Crippen molar-refractivity contribution in [3.05, 3.63) is 89.0 Å². The molecule has 3 aromatic rings. The van der Waals surface area contributed by atoms with Crippen LogP contribution in [0.25, 0.3) is 0 Å². The van der Waals surface area contributed by atoms with Crippen molar-refractivity contribution in [1.82, 2.24) is 5.32 Å². The summed E-state index contributed by atoms with van der Waals surface area (Å²) in [5.41, 5.74) is 5.77. The van der Waals surface area contributed by atoms with Crippen LogP contribution in [0, 0.1) is 26.7 Å². The monoisotopic (exact) mass is 485 g/mol. The Morgan fingerprint density at radius 2 is 1.67 bits per heavy atom. The first kappa shape index (κ1) is 25.0. The molecule has 1 heterocycles. The number of benzene rings is 3. The van der Waals surface area contributed by atoms with Gasteiger partial charge in [-0.3, -0.25) is 14.4 Å². The molecule has 0 unspecified atom stereocenters. The van der Waals surface area contributed by atoms with Crippen LogP contribution in [0.4, 0.5) is 11.4 Å². The molecule has 1 fully saturated rings. The molecule has 36 heavy (non-hydrogen) atoms. The van der Waals surface area contributed by atoms with Crippen LogP contribution in [-0.4, -0.2) is 30.9 Å². The molecule has 7 nitrogen and oxygen atoms in total. The van der Waals surface area contributed by atoms with Crippen LogP contribution >= 0.6 is 0 Å². The molecular weight excluding hydrogens is 454 g/mol. The summed E-state index contributed by atoms with van der Waals surface area (Å²) in [6, 6.07) is 20.6. The van der Waals surface area contributed by atoms with Crippen molar-refractivity contribution in [2.75, 3.05) is 23.4 Å². The Kier molecular flexibility index (Phi) is 7.68. The van der Waals surface area contributed by atoms with Gasteiger partial charge < -0.3 is 20.3 Å². The number of nitrogens with zero attached hydrogens (tertiary/aromatic N) is 1. The average Bonchev–Trinajstić information content (AvgIpc) is 3.27. The molecule has 4 rings (SSSR count). The summed E-state index contributed by atoms with van der Waals surface area (Å²) >= 11 is 0. The largest absolute Gasteiger partial charge is 0.484 e. The molecule has 1 atom stereocenters. The summed E-state index contributed by atoms with van der Waals surface area (Å²) in [5, 5.41) is 5.83. The maximum Gasteiger partial charge on any atom is 0.262 e. The highest BCUT2D eigenvalue weighted by Gasteiger charge is 2.35. The number of carbonyl (C=O) groups excluding carboxylic acids is 3. The third kappa shape index (κ3) is 5.92. The summed E-state index contributed by atoms with van der Waals surface area (Å²) in [6.07, 6.45) is 0.177. The van der Waals surface area contributed by atoms with E-state index in [2.05, 4.69) is 10.6 Å². The first-order valence-corrected chi connectivity index (χ1v) is 12.0. The number of hydrogen-bond acceptors (Lipinski definition) is 4. The summed E-state index contributed by atoms with van der Waals surface area (Å²) in [4.78, 5) is 39.2. The highest BCUT2D eigenvalue weighted by molar-refractivity contribution is 6.00. The molecule has 0 saturated carbocycles. The number of carbonyl (C=O) groups is 3. The Morgan fingerprint density at radius 1 is 0.944 bits per heavy atom. The Labute approximate surface area is 211 Å². The second kappa shape index (κ2) is 11.1. The number of hydrogen-bond donors (Lipinski definition) is 2. The van der Waals surface area contributed by atoms with E-state index in [1.165, 1.54) is 0 Å². The minimum Gasteiger partial charge on any atom is -0.484 e. The molecule has 1 aliphatic rings. The first-order valence-electron chi connectivity index (χ1n) is 12.0. The third-order valence-electron chi connectivity index (χ3n) is 6.61. The second-order valence-corrected chi connectivity index (χ2v) is 9.13. The smallest absolute Gasteiger partial charge is 0.262 e. The van der Waals surface area contributed by atoms with Crippen molar-refractivity contribution in [3.63, 3.8) is 0 Å². The zero-order valence-corrected chi connectivity index (χ0v) is 20.8. The van der Waals surface area contributed by atoms with E-state index in [-0.39, 0.29) is 30.7 Å². The molecule has 0 spiro atoms. The van der Waals surface area contributed by atoms with Crippen molar-refractivity contribution >= 4 is 29.1 Å². The molecule has 3 aromatic carbocycles. The van der Waals surface area contributed by atoms with Crippen LogP contribution in [0.3, 0.4) is 0 Å². The molecule has 0 bridgehead atoms. The predicted octanol–water partition coefficient (Wildman–Crippen LogP) is 4.30. The van der Waals surface area contributed by atoms with Crippen LogP contribution in [0.1, 0.15) is 28.7 Å². The van der Waals surface area contributed by atoms with E-state index >= 15 is 0 Å². The molecule has 0 aliphatic carbocycles. The summed E-state index contributed by atoms with van der Waals surface area (Å²) in [7, 11) is 0. The lowest BCUT2D eigenvalue weighted by Gasteiger charge is -2.17. The van der Waals surface area contributed by atoms with Gasteiger partial charge in [0.25, 0.3) is 5.91 Å². The van der Waals surface area contributed by atoms with Crippen LogP contribution in [0.15, 0.2) is 66.7 Å². The lowest BCUT2D eigenvalue weighted by Crippen LogP contribution is -2.32. The molecule has 186 valence electrons. The van der Waals surface area contributed by atoms with E-state index in [0.29, 0.717) is 24.5 Å². The fraction of sp³-hybridized carbons (Fsp3) is 0.276. The van der Waals surface area contributed by atoms with Crippen molar-refractivity contribution in [2.24, 2.45) is 5.92 Å². The Hall–Kier alpha value is -4.13. The number of aryl methyl sites for hydroxylation is 2. The fourth-order valence-electron chi connectivity index (χ4n) is 4.21. The molecule has 1 saturated heterocycles. The van der Waals surface area contributed by atoms with Gasteiger partial charge in [-0.2, -0.15) is 0 Å². The van der Waals surface area contributed by atoms with E-state index in [9.17, 15) is 14.4 Å². The van der Waals surface area contributed by atoms with Crippen molar-refractivity contribution in [2.45, 2.75) is 33.7 Å². The van der Waals surface area contributed by atoms with Gasteiger partial charge in [0.05, 0.1) is 5.92 Å². The Morgan fingerprint density at radius 3 is 2.42 bits per heavy atom. The van der Waals surface area contributed by atoms with Crippen LogP contribution in [0.2, 0.25) is 0 Å². The van der Waals surface area contributed by atoms with E-state index in [0.717, 1.165) is 27.9 Å². The molecule has 7 heteroatoms. The molecule has 1 aliphatic heterocycles. The highest BCUT2D eigenvalue weighted by Crippen LogP contribution is 2.27. The molecule has 3 amide bonds. The van der Waals surface area contributed by atoms with Crippen LogP contribution < -0.4 is 20.3 Å². The zero-order valence-electron chi connectivity index (χ0n) is 20.8. The van der Waals surface area contributed by atoms with Gasteiger partial charge in [-0.15, -0.1) is 0 Å². The van der Waals surface area contributed by atoms with Crippen molar-refractivity contribution in [3.8, 4) is 5.75 Å². The van der Waals surface area contributed by atoms with Gasteiger partial charge in [0.1, 0.15) is 5.75 Å². The van der Waals surface area contributed by atoms with Gasteiger partial charge >= 0.3 is 0 Å².